The van der Waals surface area contributed by atoms with Crippen molar-refractivity contribution >= 4 is 23.2 Å². The summed E-state index contributed by atoms with van der Waals surface area (Å²) in [5, 5.41) is 11.1. The molecule has 0 bridgehead atoms. The molecule has 1 heterocycles. The molecule has 90 valence electrons. The lowest BCUT2D eigenvalue weighted by atomic mass is 10.0. The molecule has 2 rings (SSSR count). The topological polar surface area (TPSA) is 33.4 Å². The monoisotopic (exact) mass is 270 g/mol. The predicted octanol–water partition coefficient (Wildman–Crippen LogP) is 4.25. The van der Waals surface area contributed by atoms with Gasteiger partial charge in [-0.1, -0.05) is 23.2 Å². The van der Waals surface area contributed by atoms with Crippen molar-refractivity contribution in [3.05, 3.63) is 58.0 Å². The zero-order chi connectivity index (χ0) is 12.3. The summed E-state index contributed by atoms with van der Waals surface area (Å²) in [6, 6.07) is 8.79. The zero-order valence-corrected chi connectivity index (χ0v) is 10.6. The Morgan fingerprint density at radius 1 is 1.24 bits per heavy atom. The summed E-state index contributed by atoms with van der Waals surface area (Å²) in [6.45, 7) is 0. The zero-order valence-electron chi connectivity index (χ0n) is 9.07. The normalized spacial score (nSPS) is 12.6. The summed E-state index contributed by atoms with van der Waals surface area (Å²) in [7, 11) is 0. The van der Waals surface area contributed by atoms with E-state index in [9.17, 15) is 5.11 Å². The van der Waals surface area contributed by atoms with Crippen LogP contribution in [0.5, 0.6) is 0 Å². The van der Waals surface area contributed by atoms with Crippen LogP contribution in [-0.4, -0.2) is 5.11 Å². The van der Waals surface area contributed by atoms with Crippen LogP contribution in [0.25, 0.3) is 0 Å². The van der Waals surface area contributed by atoms with Crippen LogP contribution in [0.2, 0.25) is 10.0 Å². The number of hydrogen-bond donors (Lipinski definition) is 1. The van der Waals surface area contributed by atoms with Gasteiger partial charge in [-0.25, -0.2) is 0 Å². The van der Waals surface area contributed by atoms with E-state index in [1.807, 2.05) is 12.1 Å². The molecule has 1 N–H and O–H groups in total. The van der Waals surface area contributed by atoms with Crippen molar-refractivity contribution in [2.75, 3.05) is 0 Å². The summed E-state index contributed by atoms with van der Waals surface area (Å²) in [4.78, 5) is 0. The molecule has 4 heteroatoms. The van der Waals surface area contributed by atoms with Crippen LogP contribution in [0.3, 0.4) is 0 Å². The third-order valence-corrected chi connectivity index (χ3v) is 3.14. The smallest absolute Gasteiger partial charge is 0.103 e. The Bertz CT molecular complexity index is 480. The minimum Gasteiger partial charge on any atom is -0.469 e. The number of rotatable bonds is 4. The average molecular weight is 271 g/mol. The molecule has 0 fully saturated rings. The summed E-state index contributed by atoms with van der Waals surface area (Å²) in [5.74, 6) is 0.849. The first kappa shape index (κ1) is 12.5. The van der Waals surface area contributed by atoms with Gasteiger partial charge in [-0.3, -0.25) is 0 Å². The summed E-state index contributed by atoms with van der Waals surface area (Å²) < 4.78 is 5.20. The van der Waals surface area contributed by atoms with Gasteiger partial charge in [0.2, 0.25) is 0 Å². The molecule has 0 aliphatic carbocycles. The van der Waals surface area contributed by atoms with Gasteiger partial charge >= 0.3 is 0 Å². The minimum atomic E-state index is -0.633. The molecule has 1 aromatic heterocycles. The van der Waals surface area contributed by atoms with Crippen molar-refractivity contribution in [3.63, 3.8) is 0 Å². The second kappa shape index (κ2) is 5.58. The van der Waals surface area contributed by atoms with Gasteiger partial charge in [-0.2, -0.15) is 0 Å². The number of furan rings is 1. The third-order valence-electron chi connectivity index (χ3n) is 2.56. The number of benzene rings is 1. The van der Waals surface area contributed by atoms with Crippen LogP contribution in [0.1, 0.15) is 23.8 Å². The number of aliphatic hydroxyl groups excluding tert-OH is 1. The molecule has 0 saturated heterocycles. The molecule has 0 spiro atoms. The second-order valence-electron chi connectivity index (χ2n) is 3.80. The fourth-order valence-corrected chi connectivity index (χ4v) is 2.08. The molecule has 0 saturated carbocycles. The summed E-state index contributed by atoms with van der Waals surface area (Å²) in [5.41, 5.74) is 0.658. The second-order valence-corrected chi connectivity index (χ2v) is 4.64. The lowest BCUT2D eigenvalue weighted by Gasteiger charge is -2.12. The van der Waals surface area contributed by atoms with Gasteiger partial charge in [0, 0.05) is 22.0 Å². The Hall–Kier alpha value is -0.960. The highest BCUT2D eigenvalue weighted by Crippen LogP contribution is 2.28. The van der Waals surface area contributed by atoms with Gasteiger partial charge in [0.05, 0.1) is 12.4 Å². The summed E-state index contributed by atoms with van der Waals surface area (Å²) in [6.07, 6.45) is 2.20. The number of halogens is 2. The van der Waals surface area contributed by atoms with Crippen LogP contribution in [-0.2, 0) is 6.42 Å². The van der Waals surface area contributed by atoms with Crippen LogP contribution >= 0.6 is 23.2 Å². The Balaban J connectivity index is 2.04. The first-order valence-corrected chi connectivity index (χ1v) is 6.08. The van der Waals surface area contributed by atoms with E-state index in [0.29, 0.717) is 28.5 Å². The van der Waals surface area contributed by atoms with E-state index < -0.39 is 6.10 Å². The predicted molar refractivity (Wildman–Crippen MR) is 68.5 cm³/mol. The molecular weight excluding hydrogens is 259 g/mol. The highest BCUT2D eigenvalue weighted by Gasteiger charge is 2.12. The SMILES string of the molecule is OC(CCc1ccco1)c1cc(Cl)ccc1Cl. The Labute approximate surface area is 110 Å². The largest absolute Gasteiger partial charge is 0.469 e. The molecule has 2 nitrogen and oxygen atoms in total. The van der Waals surface area contributed by atoms with Crippen molar-refractivity contribution in [3.8, 4) is 0 Å². The van der Waals surface area contributed by atoms with E-state index in [-0.39, 0.29) is 0 Å². The average Bonchev–Trinajstić information content (AvgIpc) is 2.82. The number of aliphatic hydroxyl groups is 1. The van der Waals surface area contributed by atoms with Gasteiger partial charge in [0.25, 0.3) is 0 Å². The minimum absolute atomic E-state index is 0.529. The molecule has 2 aromatic rings. The lowest BCUT2D eigenvalue weighted by Crippen LogP contribution is -2.00. The highest BCUT2D eigenvalue weighted by molar-refractivity contribution is 6.33. The van der Waals surface area contributed by atoms with E-state index in [4.69, 9.17) is 27.6 Å². The van der Waals surface area contributed by atoms with E-state index >= 15 is 0 Å². The third kappa shape index (κ3) is 3.25. The fourth-order valence-electron chi connectivity index (χ4n) is 1.66. The van der Waals surface area contributed by atoms with Crippen LogP contribution in [0, 0.1) is 0 Å². The number of aryl methyl sites for hydroxylation is 1. The Kier molecular flexibility index (Phi) is 4.11. The molecule has 0 amide bonds. The standard InChI is InChI=1S/C13H12Cl2O2/c14-9-3-5-12(15)11(8-9)13(16)6-4-10-2-1-7-17-10/h1-3,5,7-8,13,16H,4,6H2. The first-order valence-electron chi connectivity index (χ1n) is 5.32. The summed E-state index contributed by atoms with van der Waals surface area (Å²) >= 11 is 11.9. The van der Waals surface area contributed by atoms with Gasteiger partial charge < -0.3 is 9.52 Å². The lowest BCUT2D eigenvalue weighted by molar-refractivity contribution is 0.165. The molecular formula is C13H12Cl2O2. The molecule has 0 aliphatic rings. The first-order chi connectivity index (χ1) is 8.16. The molecule has 17 heavy (non-hydrogen) atoms. The Morgan fingerprint density at radius 3 is 2.76 bits per heavy atom. The van der Waals surface area contributed by atoms with Crippen molar-refractivity contribution in [1.82, 2.24) is 0 Å². The molecule has 1 atom stereocenters. The fraction of sp³-hybridized carbons (Fsp3) is 0.231. The van der Waals surface area contributed by atoms with E-state index in [1.54, 1.807) is 24.5 Å². The molecule has 0 radical (unpaired) electrons. The van der Waals surface area contributed by atoms with E-state index in [1.165, 1.54) is 0 Å². The maximum Gasteiger partial charge on any atom is 0.103 e. The molecule has 1 unspecified atom stereocenters. The number of hydrogen-bond acceptors (Lipinski definition) is 2. The van der Waals surface area contributed by atoms with Crippen LogP contribution in [0.15, 0.2) is 41.0 Å². The quantitative estimate of drug-likeness (QED) is 0.901. The van der Waals surface area contributed by atoms with Gasteiger partial charge in [0.1, 0.15) is 5.76 Å². The van der Waals surface area contributed by atoms with E-state index in [2.05, 4.69) is 0 Å². The van der Waals surface area contributed by atoms with Gasteiger partial charge in [-0.15, -0.1) is 0 Å². The van der Waals surface area contributed by atoms with Gasteiger partial charge in [0.15, 0.2) is 0 Å². The highest BCUT2D eigenvalue weighted by atomic mass is 35.5. The van der Waals surface area contributed by atoms with Crippen molar-refractivity contribution in [2.24, 2.45) is 0 Å². The maximum absolute atomic E-state index is 10.0. The van der Waals surface area contributed by atoms with Crippen molar-refractivity contribution < 1.29 is 9.52 Å². The van der Waals surface area contributed by atoms with Gasteiger partial charge in [-0.05, 0) is 36.8 Å². The maximum atomic E-state index is 10.0. The molecule has 0 aliphatic heterocycles. The van der Waals surface area contributed by atoms with Crippen molar-refractivity contribution in [2.45, 2.75) is 18.9 Å². The van der Waals surface area contributed by atoms with Crippen molar-refractivity contribution in [1.29, 1.82) is 0 Å². The molecule has 1 aromatic carbocycles. The van der Waals surface area contributed by atoms with Crippen LogP contribution < -0.4 is 0 Å². The Morgan fingerprint density at radius 2 is 2.06 bits per heavy atom. The van der Waals surface area contributed by atoms with Crippen LogP contribution in [0.4, 0.5) is 0 Å². The van der Waals surface area contributed by atoms with E-state index in [0.717, 1.165) is 5.76 Å².